The van der Waals surface area contributed by atoms with Gasteiger partial charge in [0.2, 0.25) is 0 Å². The molecule has 3 rings (SSSR count). The van der Waals surface area contributed by atoms with Crippen molar-refractivity contribution in [2.45, 2.75) is 0 Å². The second kappa shape index (κ2) is 9.77. The Morgan fingerprint density at radius 1 is 0.931 bits per heavy atom. The fourth-order valence-electron chi connectivity index (χ4n) is 3.06. The molecule has 1 aliphatic heterocycles. The maximum absolute atomic E-state index is 13.4. The predicted octanol–water partition coefficient (Wildman–Crippen LogP) is 2.11. The van der Waals surface area contributed by atoms with Gasteiger partial charge >= 0.3 is 5.97 Å². The number of benzene rings is 2. The molecule has 0 spiro atoms. The normalized spacial score (nSPS) is 13.7. The Balaban J connectivity index is 1.41. The van der Waals surface area contributed by atoms with Gasteiger partial charge in [-0.05, 0) is 24.3 Å². The van der Waals surface area contributed by atoms with Gasteiger partial charge in [-0.3, -0.25) is 4.79 Å². The SMILES string of the molecule is COc1ccccc1N1CCN(C(=O)COC(=O)COc2ccccc2F)CC1. The van der Waals surface area contributed by atoms with Crippen LogP contribution in [0.2, 0.25) is 0 Å². The highest BCUT2D eigenvalue weighted by Gasteiger charge is 2.23. The molecule has 0 atom stereocenters. The molecule has 1 fully saturated rings. The van der Waals surface area contributed by atoms with Gasteiger partial charge in [-0.15, -0.1) is 0 Å². The summed E-state index contributed by atoms with van der Waals surface area (Å²) in [5.41, 5.74) is 0.985. The number of piperazine rings is 1. The van der Waals surface area contributed by atoms with E-state index in [-0.39, 0.29) is 18.3 Å². The van der Waals surface area contributed by atoms with Crippen LogP contribution in [0, 0.1) is 5.82 Å². The van der Waals surface area contributed by atoms with Crippen LogP contribution in [0.3, 0.4) is 0 Å². The molecule has 0 radical (unpaired) electrons. The van der Waals surface area contributed by atoms with E-state index < -0.39 is 18.4 Å². The number of nitrogens with zero attached hydrogens (tertiary/aromatic N) is 2. The molecule has 2 aromatic rings. The topological polar surface area (TPSA) is 68.3 Å². The molecule has 0 bridgehead atoms. The number of hydrogen-bond acceptors (Lipinski definition) is 6. The average Bonchev–Trinajstić information content (AvgIpc) is 2.77. The summed E-state index contributed by atoms with van der Waals surface area (Å²) in [5, 5.41) is 0. The molecule has 1 saturated heterocycles. The molecule has 29 heavy (non-hydrogen) atoms. The van der Waals surface area contributed by atoms with E-state index in [0.29, 0.717) is 26.2 Å². The number of methoxy groups -OCH3 is 1. The summed E-state index contributed by atoms with van der Waals surface area (Å²) in [7, 11) is 1.63. The number of anilines is 1. The Labute approximate surface area is 168 Å². The first-order chi connectivity index (χ1) is 14.1. The second-order valence-corrected chi connectivity index (χ2v) is 6.42. The van der Waals surface area contributed by atoms with E-state index in [1.165, 1.54) is 18.2 Å². The summed E-state index contributed by atoms with van der Waals surface area (Å²) >= 11 is 0. The summed E-state index contributed by atoms with van der Waals surface area (Å²) in [5.74, 6) is -0.818. The highest BCUT2D eigenvalue weighted by molar-refractivity contribution is 5.81. The van der Waals surface area contributed by atoms with Gasteiger partial charge in [0.1, 0.15) is 5.75 Å². The van der Waals surface area contributed by atoms with Crippen LogP contribution in [0.5, 0.6) is 11.5 Å². The van der Waals surface area contributed by atoms with Gasteiger partial charge in [-0.1, -0.05) is 24.3 Å². The molecular weight excluding hydrogens is 379 g/mol. The van der Waals surface area contributed by atoms with Crippen LogP contribution in [0.4, 0.5) is 10.1 Å². The van der Waals surface area contributed by atoms with Gasteiger partial charge in [0.25, 0.3) is 5.91 Å². The molecule has 8 heteroatoms. The minimum Gasteiger partial charge on any atom is -0.495 e. The first kappa shape index (κ1) is 20.4. The second-order valence-electron chi connectivity index (χ2n) is 6.42. The maximum Gasteiger partial charge on any atom is 0.344 e. The fraction of sp³-hybridized carbons (Fsp3) is 0.333. The lowest BCUT2D eigenvalue weighted by Crippen LogP contribution is -2.50. The van der Waals surface area contributed by atoms with Gasteiger partial charge in [-0.25, -0.2) is 9.18 Å². The maximum atomic E-state index is 13.4. The Morgan fingerprint density at radius 3 is 2.28 bits per heavy atom. The third-order valence-corrected chi connectivity index (χ3v) is 4.60. The van der Waals surface area contributed by atoms with Crippen molar-refractivity contribution in [2.24, 2.45) is 0 Å². The number of hydrogen-bond donors (Lipinski definition) is 0. The molecule has 1 aliphatic rings. The molecule has 2 aromatic carbocycles. The van der Waals surface area contributed by atoms with Crippen molar-refractivity contribution >= 4 is 17.6 Å². The van der Waals surface area contributed by atoms with Gasteiger partial charge in [-0.2, -0.15) is 0 Å². The summed E-state index contributed by atoms with van der Waals surface area (Å²) < 4.78 is 28.9. The number of esters is 1. The molecule has 0 N–H and O–H groups in total. The molecule has 0 unspecified atom stereocenters. The van der Waals surface area contributed by atoms with Gasteiger partial charge < -0.3 is 24.0 Å². The number of carbonyl (C=O) groups is 2. The molecule has 0 aromatic heterocycles. The number of halogens is 1. The highest BCUT2D eigenvalue weighted by atomic mass is 19.1. The largest absolute Gasteiger partial charge is 0.495 e. The van der Waals surface area contributed by atoms with Gasteiger partial charge in [0.15, 0.2) is 24.8 Å². The van der Waals surface area contributed by atoms with Crippen molar-refractivity contribution in [3.05, 3.63) is 54.3 Å². The lowest BCUT2D eigenvalue weighted by atomic mass is 10.2. The van der Waals surface area contributed by atoms with Crippen LogP contribution in [0.1, 0.15) is 0 Å². The summed E-state index contributed by atoms with van der Waals surface area (Å²) in [6, 6.07) is 13.5. The minimum absolute atomic E-state index is 0.0387. The van der Waals surface area contributed by atoms with E-state index in [4.69, 9.17) is 14.2 Å². The van der Waals surface area contributed by atoms with Crippen LogP contribution in [0.15, 0.2) is 48.5 Å². The van der Waals surface area contributed by atoms with Crippen molar-refractivity contribution in [1.29, 1.82) is 0 Å². The number of ether oxygens (including phenoxy) is 3. The van der Waals surface area contributed by atoms with Crippen LogP contribution >= 0.6 is 0 Å². The van der Waals surface area contributed by atoms with Crippen molar-refractivity contribution in [3.8, 4) is 11.5 Å². The Kier molecular flexibility index (Phi) is 6.89. The van der Waals surface area contributed by atoms with Crippen molar-refractivity contribution in [1.82, 2.24) is 4.90 Å². The van der Waals surface area contributed by atoms with Crippen LogP contribution < -0.4 is 14.4 Å². The van der Waals surface area contributed by atoms with Crippen LogP contribution in [0.25, 0.3) is 0 Å². The van der Waals surface area contributed by atoms with Crippen molar-refractivity contribution in [3.63, 3.8) is 0 Å². The number of carbonyl (C=O) groups excluding carboxylic acids is 2. The van der Waals surface area contributed by atoms with E-state index >= 15 is 0 Å². The van der Waals surface area contributed by atoms with Crippen molar-refractivity contribution < 1.29 is 28.2 Å². The molecule has 0 saturated carbocycles. The van der Waals surface area contributed by atoms with E-state index in [2.05, 4.69) is 4.90 Å². The number of rotatable bonds is 7. The summed E-state index contributed by atoms with van der Waals surface area (Å²) in [6.07, 6.45) is 0. The standard InChI is InChI=1S/C21H23FN2O5/c1-27-19-9-5-3-7-17(19)23-10-12-24(13-11-23)20(25)14-29-21(26)15-28-18-8-4-2-6-16(18)22/h2-9H,10-15H2,1H3. The zero-order valence-electron chi connectivity index (χ0n) is 16.2. The lowest BCUT2D eigenvalue weighted by molar-refractivity contribution is -0.153. The predicted molar refractivity (Wildman–Crippen MR) is 105 cm³/mol. The smallest absolute Gasteiger partial charge is 0.344 e. The average molecular weight is 402 g/mol. The Morgan fingerprint density at radius 2 is 1.59 bits per heavy atom. The minimum atomic E-state index is -0.728. The monoisotopic (exact) mass is 402 g/mol. The third-order valence-electron chi connectivity index (χ3n) is 4.60. The molecule has 1 heterocycles. The molecular formula is C21H23FN2O5. The van der Waals surface area contributed by atoms with E-state index in [9.17, 15) is 14.0 Å². The molecule has 7 nitrogen and oxygen atoms in total. The first-order valence-corrected chi connectivity index (χ1v) is 9.27. The number of amides is 1. The zero-order chi connectivity index (χ0) is 20.6. The lowest BCUT2D eigenvalue weighted by Gasteiger charge is -2.36. The van der Waals surface area contributed by atoms with E-state index in [1.807, 2.05) is 24.3 Å². The number of para-hydroxylation sites is 3. The fourth-order valence-corrected chi connectivity index (χ4v) is 3.06. The third kappa shape index (κ3) is 5.37. The van der Waals surface area contributed by atoms with Gasteiger partial charge in [0.05, 0.1) is 12.8 Å². The first-order valence-electron chi connectivity index (χ1n) is 9.27. The molecule has 154 valence electrons. The van der Waals surface area contributed by atoms with Crippen molar-refractivity contribution in [2.75, 3.05) is 51.4 Å². The molecule has 1 amide bonds. The van der Waals surface area contributed by atoms with E-state index in [1.54, 1.807) is 18.1 Å². The summed E-state index contributed by atoms with van der Waals surface area (Å²) in [4.78, 5) is 27.9. The Bertz CT molecular complexity index is 852. The quantitative estimate of drug-likeness (QED) is 0.661. The van der Waals surface area contributed by atoms with E-state index in [0.717, 1.165) is 11.4 Å². The van der Waals surface area contributed by atoms with Crippen LogP contribution in [-0.2, 0) is 14.3 Å². The molecule has 0 aliphatic carbocycles. The highest BCUT2D eigenvalue weighted by Crippen LogP contribution is 2.28. The Hall–Kier alpha value is -3.29. The van der Waals surface area contributed by atoms with Crippen LogP contribution in [-0.4, -0.2) is 63.3 Å². The van der Waals surface area contributed by atoms with Gasteiger partial charge in [0, 0.05) is 26.2 Å². The zero-order valence-corrected chi connectivity index (χ0v) is 16.2. The summed E-state index contributed by atoms with van der Waals surface area (Å²) in [6.45, 7) is 1.50.